The number of amides is 1. The van der Waals surface area contributed by atoms with Crippen LogP contribution in [0.2, 0.25) is 0 Å². The Morgan fingerprint density at radius 2 is 1.56 bits per heavy atom. The van der Waals surface area contributed by atoms with E-state index in [1.54, 1.807) is 0 Å². The van der Waals surface area contributed by atoms with Crippen molar-refractivity contribution >= 4 is 39.8 Å². The van der Waals surface area contributed by atoms with Gasteiger partial charge in [-0.1, -0.05) is 0 Å². The molecule has 5 atom stereocenters. The van der Waals surface area contributed by atoms with Gasteiger partial charge in [-0.25, -0.2) is 0 Å². The van der Waals surface area contributed by atoms with Crippen LogP contribution in [0.3, 0.4) is 0 Å². The van der Waals surface area contributed by atoms with E-state index in [2.05, 4.69) is 21.3 Å². The Hall–Kier alpha value is -1.68. The third-order valence-electron chi connectivity index (χ3n) is 3.15. The number of hydrogen-bond donors (Lipinski definition) is 2. The third-order valence-corrected chi connectivity index (χ3v) is 3.88. The van der Waals surface area contributed by atoms with Crippen molar-refractivity contribution in [3.8, 4) is 0 Å². The van der Waals surface area contributed by atoms with Gasteiger partial charge in [0.1, 0.15) is 0 Å². The van der Waals surface area contributed by atoms with Gasteiger partial charge in [-0.05, 0) is 0 Å². The van der Waals surface area contributed by atoms with Gasteiger partial charge in [0.15, 0.2) is 0 Å². The average Bonchev–Trinajstić information content (AvgIpc) is 2.42. The maximum atomic E-state index is 11.5. The van der Waals surface area contributed by atoms with Gasteiger partial charge in [-0.3, -0.25) is 0 Å². The molecule has 1 heterocycles. The minimum absolute atomic E-state index is 0.373. The van der Waals surface area contributed by atoms with Crippen LogP contribution in [0.4, 0.5) is 0 Å². The molecule has 0 aliphatic carbocycles. The van der Waals surface area contributed by atoms with E-state index in [1.165, 1.54) is 6.92 Å². The van der Waals surface area contributed by atoms with Crippen molar-refractivity contribution in [2.24, 2.45) is 0 Å². The van der Waals surface area contributed by atoms with Crippen LogP contribution in [0.25, 0.3) is 0 Å². The second-order valence-electron chi connectivity index (χ2n) is 5.42. The molecule has 1 fully saturated rings. The normalized spacial score (nSPS) is 31.6. The fourth-order valence-electron chi connectivity index (χ4n) is 2.35. The van der Waals surface area contributed by atoms with Crippen LogP contribution in [0.5, 0.6) is 0 Å². The molecule has 141 valence electrons. The Morgan fingerprint density at radius 3 is 2.00 bits per heavy atom. The Morgan fingerprint density at radius 1 is 1.04 bits per heavy atom. The third kappa shape index (κ3) is 6.28. The minimum atomic E-state index is -2.10. The molecule has 1 amide bonds. The van der Waals surface area contributed by atoms with E-state index in [-0.39, 0.29) is 6.61 Å². The Balaban J connectivity index is 3.24. The average molecular weight is 425 g/mol. The topological polar surface area (TPSA) is 137 Å². The van der Waals surface area contributed by atoms with Crippen molar-refractivity contribution in [3.05, 3.63) is 0 Å². The molecule has 0 spiro atoms. The van der Waals surface area contributed by atoms with Crippen LogP contribution in [-0.4, -0.2) is 80.6 Å². The number of ether oxygens (including phenoxy) is 4. The maximum absolute atomic E-state index is 11.5. The van der Waals surface area contributed by atoms with Crippen LogP contribution in [0.1, 0.15) is 27.7 Å². The number of hydrogen-bond acceptors (Lipinski definition) is 9. The fraction of sp³-hybridized carbons (Fsp3) is 0.714. The van der Waals surface area contributed by atoms with Crippen LogP contribution in [0, 0.1) is 0 Å². The molecule has 0 saturated carbocycles. The van der Waals surface area contributed by atoms with Crippen molar-refractivity contribution in [3.63, 3.8) is 0 Å². The number of nitrogens with one attached hydrogen (secondary N) is 1. The van der Waals surface area contributed by atoms with Crippen molar-refractivity contribution in [1.82, 2.24) is 5.32 Å². The second-order valence-corrected chi connectivity index (χ2v) is 6.64. The number of carbonyl (C=O) groups excluding carboxylic acids is 4. The number of carbonyl (C=O) groups is 4. The van der Waals surface area contributed by atoms with Crippen LogP contribution < -0.4 is 5.32 Å². The monoisotopic (exact) mass is 426 g/mol. The zero-order valence-electron chi connectivity index (χ0n) is 14.1. The first kappa shape index (κ1) is 21.4. The van der Waals surface area contributed by atoms with E-state index in [9.17, 15) is 24.3 Å². The van der Waals surface area contributed by atoms with Gasteiger partial charge in [0, 0.05) is 0 Å². The first-order chi connectivity index (χ1) is 11.4. The van der Waals surface area contributed by atoms with E-state index in [0.29, 0.717) is 0 Å². The van der Waals surface area contributed by atoms with E-state index in [1.807, 2.05) is 0 Å². The molecule has 0 aromatic carbocycles. The van der Waals surface area contributed by atoms with Crippen LogP contribution >= 0.6 is 0 Å². The summed E-state index contributed by atoms with van der Waals surface area (Å²) in [7, 11) is 0. The van der Waals surface area contributed by atoms with Gasteiger partial charge in [-0.15, -0.1) is 0 Å². The number of aliphatic hydroxyl groups is 1. The van der Waals surface area contributed by atoms with Crippen molar-refractivity contribution in [2.45, 2.75) is 56.7 Å². The van der Waals surface area contributed by atoms with Gasteiger partial charge in [0.25, 0.3) is 0 Å². The summed E-state index contributed by atoms with van der Waals surface area (Å²) in [6.07, 6.45) is -3.66. The standard InChI is InChI=1S/C14H20NO9Se/c1-6(16)15-13-12(23-9(4)19)11(22-8(3)18)10(5-21-7(2)17)24-14(13,20)25/h10-13,20H,5H2,1-4H3,(H,15,16)/t10-,11-,12+,13-,14+/m1/s1. The van der Waals surface area contributed by atoms with E-state index >= 15 is 0 Å². The van der Waals surface area contributed by atoms with Gasteiger partial charge in [-0.2, -0.15) is 0 Å². The Labute approximate surface area is 152 Å². The molecule has 0 aromatic heterocycles. The molecular formula is C14H20NO9Se. The zero-order valence-corrected chi connectivity index (χ0v) is 15.9. The molecule has 0 unspecified atom stereocenters. The zero-order chi connectivity index (χ0) is 19.4. The summed E-state index contributed by atoms with van der Waals surface area (Å²) in [4.78, 5) is 45.4. The van der Waals surface area contributed by atoms with E-state index in [4.69, 9.17) is 18.9 Å². The molecule has 1 saturated heterocycles. The number of rotatable bonds is 5. The number of esters is 3. The van der Waals surface area contributed by atoms with E-state index < -0.39 is 52.9 Å². The summed E-state index contributed by atoms with van der Waals surface area (Å²) >= 11 is 2.35. The molecule has 10 nitrogen and oxygen atoms in total. The molecular weight excluding hydrogens is 405 g/mol. The van der Waals surface area contributed by atoms with Crippen LogP contribution in [0.15, 0.2) is 0 Å². The molecule has 11 heteroatoms. The first-order valence-corrected chi connectivity index (χ1v) is 8.15. The molecule has 0 aromatic rings. The molecule has 25 heavy (non-hydrogen) atoms. The first-order valence-electron chi connectivity index (χ1n) is 7.29. The molecule has 1 rings (SSSR count). The van der Waals surface area contributed by atoms with Gasteiger partial charge in [0.2, 0.25) is 0 Å². The summed E-state index contributed by atoms with van der Waals surface area (Å²) in [5, 5.41) is 12.9. The Kier molecular flexibility index (Phi) is 7.36. The second kappa shape index (κ2) is 8.61. The molecule has 1 aliphatic rings. The summed E-state index contributed by atoms with van der Waals surface area (Å²) in [6.45, 7) is 4.22. The van der Waals surface area contributed by atoms with Crippen LogP contribution in [-0.2, 0) is 38.1 Å². The SMILES string of the molecule is CC(=O)N[C@@H]1[C@@H](OC(C)=O)[C@H](OC(C)=O)[C@@H](COC(C)=O)O[C@]1(O)[Se]. The molecule has 1 radical (unpaired) electrons. The molecule has 2 N–H and O–H groups in total. The summed E-state index contributed by atoms with van der Waals surface area (Å²) in [5.41, 5.74) is 0. The predicted molar refractivity (Wildman–Crippen MR) is 80.9 cm³/mol. The van der Waals surface area contributed by atoms with Crippen molar-refractivity contribution in [2.75, 3.05) is 6.61 Å². The van der Waals surface area contributed by atoms with E-state index in [0.717, 1.165) is 20.8 Å². The predicted octanol–water partition coefficient (Wildman–Crippen LogP) is -1.87. The van der Waals surface area contributed by atoms with Gasteiger partial charge >= 0.3 is 152 Å². The van der Waals surface area contributed by atoms with Crippen molar-refractivity contribution < 1.29 is 43.2 Å². The quantitative estimate of drug-likeness (QED) is 0.295. The summed E-state index contributed by atoms with van der Waals surface area (Å²) < 4.78 is 18.5. The Bertz CT molecular complexity index is 550. The van der Waals surface area contributed by atoms with Gasteiger partial charge < -0.3 is 0 Å². The summed E-state index contributed by atoms with van der Waals surface area (Å²) in [6, 6.07) is -1.27. The molecule has 1 aliphatic heterocycles. The fourth-order valence-corrected chi connectivity index (χ4v) is 3.01. The summed E-state index contributed by atoms with van der Waals surface area (Å²) in [5.74, 6) is -2.62. The molecule has 0 bridgehead atoms. The van der Waals surface area contributed by atoms with Gasteiger partial charge in [0.05, 0.1) is 0 Å². The van der Waals surface area contributed by atoms with Crippen molar-refractivity contribution in [1.29, 1.82) is 0 Å².